The second-order valence-corrected chi connectivity index (χ2v) is 8.18. The molecule has 0 unspecified atom stereocenters. The maximum atomic E-state index is 11.1. The lowest BCUT2D eigenvalue weighted by atomic mass is 9.84. The lowest BCUT2D eigenvalue weighted by Gasteiger charge is -2.24. The third kappa shape index (κ3) is 3.67. The molecule has 0 spiro atoms. The van der Waals surface area contributed by atoms with Crippen LogP contribution in [0.1, 0.15) is 26.7 Å². The maximum Gasteiger partial charge on any atom is 0.313 e. The van der Waals surface area contributed by atoms with E-state index < -0.39 is 22.8 Å². The summed E-state index contributed by atoms with van der Waals surface area (Å²) in [7, 11) is 3.11. The van der Waals surface area contributed by atoms with Gasteiger partial charge in [0.05, 0.1) is 10.8 Å². The molecular weight excluding hydrogens is 320 g/mol. The quantitative estimate of drug-likeness (QED) is 0.731. The summed E-state index contributed by atoms with van der Waals surface area (Å²) >= 11 is 0. The largest absolute Gasteiger partial charge is 0.481 e. The standard InChI is InChI=1S/C16H18O4S2/c1-15(13(17)18)7-3-11(4-8-15)21-22-12-5-9-16(2,10-6-12)14(19)20/h3-7,9H,8,10H2,1-2H3,(H,17,18)(H,19,20)/t15-,16+. The van der Waals surface area contributed by atoms with Crippen molar-refractivity contribution < 1.29 is 19.8 Å². The van der Waals surface area contributed by atoms with Gasteiger partial charge in [-0.3, -0.25) is 9.59 Å². The van der Waals surface area contributed by atoms with Crippen LogP contribution in [0.3, 0.4) is 0 Å². The first-order chi connectivity index (χ1) is 10.3. The van der Waals surface area contributed by atoms with Crippen LogP contribution in [0.4, 0.5) is 0 Å². The van der Waals surface area contributed by atoms with E-state index in [2.05, 4.69) is 0 Å². The van der Waals surface area contributed by atoms with Crippen molar-refractivity contribution in [3.05, 3.63) is 46.3 Å². The van der Waals surface area contributed by atoms with E-state index in [0.29, 0.717) is 12.8 Å². The zero-order valence-corrected chi connectivity index (χ0v) is 14.0. The Kier molecular flexibility index (Phi) is 4.92. The number of allylic oxidation sites excluding steroid dienone is 4. The van der Waals surface area contributed by atoms with Gasteiger partial charge in [-0.05, 0) is 26.7 Å². The van der Waals surface area contributed by atoms with Gasteiger partial charge >= 0.3 is 11.9 Å². The third-order valence-electron chi connectivity index (χ3n) is 3.90. The Morgan fingerprint density at radius 1 is 0.909 bits per heavy atom. The third-order valence-corrected chi connectivity index (χ3v) is 6.38. The first-order valence-corrected chi connectivity index (χ1v) is 9.00. The summed E-state index contributed by atoms with van der Waals surface area (Å²) in [4.78, 5) is 24.3. The summed E-state index contributed by atoms with van der Waals surface area (Å²) < 4.78 is 0. The molecule has 22 heavy (non-hydrogen) atoms. The summed E-state index contributed by atoms with van der Waals surface area (Å²) in [6.07, 6.45) is 11.9. The van der Waals surface area contributed by atoms with Gasteiger partial charge in [0.15, 0.2) is 0 Å². The minimum atomic E-state index is -0.817. The zero-order valence-electron chi connectivity index (χ0n) is 12.4. The highest BCUT2D eigenvalue weighted by molar-refractivity contribution is 8.79. The molecule has 2 aliphatic rings. The lowest BCUT2D eigenvalue weighted by molar-refractivity contribution is -0.145. The van der Waals surface area contributed by atoms with Gasteiger partial charge in [-0.15, -0.1) is 0 Å². The lowest BCUT2D eigenvalue weighted by Crippen LogP contribution is -2.25. The minimum Gasteiger partial charge on any atom is -0.481 e. The molecule has 0 aromatic heterocycles. The van der Waals surface area contributed by atoms with Crippen LogP contribution in [0, 0.1) is 10.8 Å². The first-order valence-electron chi connectivity index (χ1n) is 6.85. The van der Waals surface area contributed by atoms with Crippen molar-refractivity contribution >= 4 is 33.5 Å². The molecule has 0 radical (unpaired) electrons. The highest BCUT2D eigenvalue weighted by Crippen LogP contribution is 2.44. The van der Waals surface area contributed by atoms with Gasteiger partial charge in [-0.2, -0.15) is 0 Å². The summed E-state index contributed by atoms with van der Waals surface area (Å²) in [6, 6.07) is 0. The summed E-state index contributed by atoms with van der Waals surface area (Å²) in [5.74, 6) is -1.63. The van der Waals surface area contributed by atoms with Crippen LogP contribution in [-0.2, 0) is 9.59 Å². The predicted octanol–water partition coefficient (Wildman–Crippen LogP) is 4.24. The van der Waals surface area contributed by atoms with E-state index in [1.807, 2.05) is 24.3 Å². The van der Waals surface area contributed by atoms with Crippen LogP contribution in [0.15, 0.2) is 46.3 Å². The molecule has 0 aromatic rings. The van der Waals surface area contributed by atoms with E-state index in [9.17, 15) is 9.59 Å². The van der Waals surface area contributed by atoms with E-state index in [-0.39, 0.29) is 0 Å². The van der Waals surface area contributed by atoms with Crippen molar-refractivity contribution in [3.8, 4) is 0 Å². The van der Waals surface area contributed by atoms with Crippen LogP contribution in [0.25, 0.3) is 0 Å². The second kappa shape index (κ2) is 6.38. The predicted molar refractivity (Wildman–Crippen MR) is 90.3 cm³/mol. The maximum absolute atomic E-state index is 11.1. The molecule has 6 heteroatoms. The molecule has 0 aliphatic heterocycles. The molecule has 0 heterocycles. The number of hydrogen-bond donors (Lipinski definition) is 2. The fraction of sp³-hybridized carbons (Fsp3) is 0.375. The topological polar surface area (TPSA) is 74.6 Å². The molecule has 2 atom stereocenters. The fourth-order valence-electron chi connectivity index (χ4n) is 1.97. The highest BCUT2D eigenvalue weighted by Gasteiger charge is 2.32. The van der Waals surface area contributed by atoms with E-state index in [1.54, 1.807) is 47.6 Å². The van der Waals surface area contributed by atoms with Crippen LogP contribution in [0.5, 0.6) is 0 Å². The van der Waals surface area contributed by atoms with E-state index >= 15 is 0 Å². The SMILES string of the molecule is C[C@]1(C(=O)O)C=CC(SSC2=CC[C@](C)(C(=O)O)C=C2)=CC1. The van der Waals surface area contributed by atoms with Gasteiger partial charge in [0.2, 0.25) is 0 Å². The Morgan fingerprint density at radius 2 is 1.27 bits per heavy atom. The van der Waals surface area contributed by atoms with Gasteiger partial charge in [0.25, 0.3) is 0 Å². The van der Waals surface area contributed by atoms with Gasteiger partial charge in [0, 0.05) is 9.81 Å². The van der Waals surface area contributed by atoms with Crippen molar-refractivity contribution in [1.29, 1.82) is 0 Å². The molecule has 0 saturated heterocycles. The summed E-state index contributed by atoms with van der Waals surface area (Å²) in [5, 5.41) is 18.3. The Balaban J connectivity index is 1.89. The average Bonchev–Trinajstić information content (AvgIpc) is 2.48. The number of rotatable bonds is 5. The van der Waals surface area contributed by atoms with Crippen LogP contribution < -0.4 is 0 Å². The first kappa shape index (κ1) is 17.0. The van der Waals surface area contributed by atoms with Gasteiger partial charge in [-0.1, -0.05) is 58.0 Å². The molecule has 2 aliphatic carbocycles. The fourth-order valence-corrected chi connectivity index (χ4v) is 4.03. The van der Waals surface area contributed by atoms with Crippen LogP contribution in [-0.4, -0.2) is 22.2 Å². The number of hydrogen-bond acceptors (Lipinski definition) is 4. The van der Waals surface area contributed by atoms with E-state index in [4.69, 9.17) is 10.2 Å². The average molecular weight is 338 g/mol. The van der Waals surface area contributed by atoms with Crippen molar-refractivity contribution in [3.63, 3.8) is 0 Å². The smallest absolute Gasteiger partial charge is 0.313 e. The molecule has 0 fully saturated rings. The van der Waals surface area contributed by atoms with Gasteiger partial charge in [-0.25, -0.2) is 0 Å². The monoisotopic (exact) mass is 338 g/mol. The number of carboxylic acids is 2. The molecule has 4 nitrogen and oxygen atoms in total. The summed E-state index contributed by atoms with van der Waals surface area (Å²) in [5.41, 5.74) is -1.63. The second-order valence-electron chi connectivity index (χ2n) is 5.90. The molecular formula is C16H18O4S2. The zero-order chi connectivity index (χ0) is 16.4. The van der Waals surface area contributed by atoms with Crippen molar-refractivity contribution in [2.24, 2.45) is 10.8 Å². The van der Waals surface area contributed by atoms with Crippen molar-refractivity contribution in [2.45, 2.75) is 26.7 Å². The molecule has 0 saturated carbocycles. The van der Waals surface area contributed by atoms with E-state index in [1.165, 1.54) is 0 Å². The minimum absolute atomic E-state index is 0.480. The van der Waals surface area contributed by atoms with Gasteiger partial charge < -0.3 is 10.2 Å². The molecule has 2 N–H and O–H groups in total. The van der Waals surface area contributed by atoms with E-state index in [0.717, 1.165) is 9.81 Å². The van der Waals surface area contributed by atoms with Crippen molar-refractivity contribution in [1.82, 2.24) is 0 Å². The number of aliphatic carboxylic acids is 2. The van der Waals surface area contributed by atoms with Crippen molar-refractivity contribution in [2.75, 3.05) is 0 Å². The Bertz CT molecular complexity index is 564. The highest BCUT2D eigenvalue weighted by atomic mass is 33.1. The Morgan fingerprint density at radius 3 is 1.50 bits per heavy atom. The Hall–Kier alpha value is -1.40. The molecule has 2 rings (SSSR count). The molecule has 0 bridgehead atoms. The molecule has 0 amide bonds. The normalized spacial score (nSPS) is 30.6. The number of carboxylic acid groups (broad SMARTS) is 2. The number of carbonyl (C=O) groups is 2. The molecule has 0 aromatic carbocycles. The summed E-state index contributed by atoms with van der Waals surface area (Å²) in [6.45, 7) is 3.41. The van der Waals surface area contributed by atoms with Gasteiger partial charge in [0.1, 0.15) is 0 Å². The molecule has 118 valence electrons. The Labute approximate surface area is 137 Å². The van der Waals surface area contributed by atoms with Crippen LogP contribution in [0.2, 0.25) is 0 Å². The van der Waals surface area contributed by atoms with Crippen LogP contribution >= 0.6 is 21.6 Å².